The number of benzene rings is 2. The third kappa shape index (κ3) is 3.74. The monoisotopic (exact) mass is 443 g/mol. The van der Waals surface area contributed by atoms with Crippen molar-refractivity contribution in [2.45, 2.75) is 13.8 Å². The molecule has 4 rings (SSSR count). The van der Waals surface area contributed by atoms with Crippen LogP contribution in [0, 0.1) is 13.8 Å². The Kier molecular flexibility index (Phi) is 5.40. The zero-order valence-electron chi connectivity index (χ0n) is 16.8. The number of ether oxygens (including phenoxy) is 2. The largest absolute Gasteiger partial charge is 0.497 e. The van der Waals surface area contributed by atoms with E-state index in [1.807, 2.05) is 38.1 Å². The van der Waals surface area contributed by atoms with Gasteiger partial charge in [-0.1, -0.05) is 23.2 Å². The number of halogens is 2. The number of nitrogens with one attached hydrogen (secondary N) is 1. The number of hydrogen-bond acceptors (Lipinski definition) is 6. The highest BCUT2D eigenvalue weighted by molar-refractivity contribution is 6.42. The third-order valence-electron chi connectivity index (χ3n) is 4.56. The molecule has 1 N–H and O–H groups in total. The van der Waals surface area contributed by atoms with Crippen molar-refractivity contribution in [2.75, 3.05) is 19.5 Å². The molecule has 30 heavy (non-hydrogen) atoms. The lowest BCUT2D eigenvalue weighted by molar-refractivity contribution is 0.405. The van der Waals surface area contributed by atoms with Crippen LogP contribution in [-0.4, -0.2) is 34.0 Å². The summed E-state index contributed by atoms with van der Waals surface area (Å²) in [5.74, 6) is 2.32. The van der Waals surface area contributed by atoms with Gasteiger partial charge in [0.25, 0.3) is 0 Å². The molecule has 7 nitrogen and oxygen atoms in total. The van der Waals surface area contributed by atoms with Gasteiger partial charge in [-0.25, -0.2) is 14.6 Å². The Morgan fingerprint density at radius 1 is 0.900 bits per heavy atom. The fourth-order valence-electron chi connectivity index (χ4n) is 3.16. The Bertz CT molecular complexity index is 1260. The summed E-state index contributed by atoms with van der Waals surface area (Å²) in [4.78, 5) is 9.53. The van der Waals surface area contributed by atoms with Crippen molar-refractivity contribution in [3.05, 3.63) is 57.8 Å². The molecule has 0 unspecified atom stereocenters. The summed E-state index contributed by atoms with van der Waals surface area (Å²) in [6.07, 6.45) is 0. The zero-order chi connectivity index (χ0) is 21.4. The first-order valence-electron chi connectivity index (χ1n) is 9.09. The molecule has 154 valence electrons. The van der Waals surface area contributed by atoms with Crippen molar-refractivity contribution >= 4 is 45.7 Å². The summed E-state index contributed by atoms with van der Waals surface area (Å²) in [5.41, 5.74) is 3.66. The molecular formula is C21H19Cl2N5O2. The third-order valence-corrected chi connectivity index (χ3v) is 5.28. The minimum absolute atomic E-state index is 0.405. The van der Waals surface area contributed by atoms with E-state index in [0.717, 1.165) is 11.4 Å². The Morgan fingerprint density at radius 3 is 2.20 bits per heavy atom. The van der Waals surface area contributed by atoms with Crippen LogP contribution in [0.5, 0.6) is 11.5 Å². The van der Waals surface area contributed by atoms with Crippen molar-refractivity contribution in [3.8, 4) is 17.3 Å². The van der Waals surface area contributed by atoms with Crippen LogP contribution in [0.15, 0.2) is 36.4 Å². The maximum Gasteiger partial charge on any atom is 0.197 e. The van der Waals surface area contributed by atoms with E-state index in [-0.39, 0.29) is 0 Å². The first kappa shape index (κ1) is 20.3. The van der Waals surface area contributed by atoms with Crippen molar-refractivity contribution in [3.63, 3.8) is 0 Å². The number of hydrogen-bond donors (Lipinski definition) is 1. The molecule has 0 saturated carbocycles. The van der Waals surface area contributed by atoms with E-state index in [4.69, 9.17) is 42.6 Å². The second-order valence-corrected chi connectivity index (χ2v) is 7.50. The highest BCUT2D eigenvalue weighted by Gasteiger charge is 2.17. The van der Waals surface area contributed by atoms with E-state index in [1.165, 1.54) is 0 Å². The van der Waals surface area contributed by atoms with Crippen LogP contribution < -0.4 is 14.8 Å². The average Bonchev–Trinajstić information content (AvgIpc) is 3.06. The van der Waals surface area contributed by atoms with Crippen molar-refractivity contribution in [1.82, 2.24) is 19.7 Å². The number of nitrogens with zero attached hydrogens (tertiary/aromatic N) is 4. The van der Waals surface area contributed by atoms with Crippen molar-refractivity contribution in [1.29, 1.82) is 0 Å². The summed E-state index contributed by atoms with van der Waals surface area (Å²) in [5, 5.41) is 8.69. The van der Waals surface area contributed by atoms with Gasteiger partial charge in [0.2, 0.25) is 0 Å². The molecule has 2 aromatic heterocycles. The van der Waals surface area contributed by atoms with Gasteiger partial charge in [0.1, 0.15) is 11.5 Å². The molecule has 2 aromatic carbocycles. The maximum atomic E-state index is 6.20. The fraction of sp³-hybridized carbons (Fsp3) is 0.190. The summed E-state index contributed by atoms with van der Waals surface area (Å²) in [7, 11) is 3.21. The van der Waals surface area contributed by atoms with Crippen LogP contribution in [0.1, 0.15) is 11.4 Å². The van der Waals surface area contributed by atoms with Gasteiger partial charge < -0.3 is 14.8 Å². The zero-order valence-corrected chi connectivity index (χ0v) is 18.3. The molecule has 0 spiro atoms. The first-order chi connectivity index (χ1) is 14.4. The van der Waals surface area contributed by atoms with Crippen molar-refractivity contribution in [2.24, 2.45) is 0 Å². The van der Waals surface area contributed by atoms with Crippen LogP contribution in [0.4, 0.5) is 11.5 Å². The molecule has 2 heterocycles. The van der Waals surface area contributed by atoms with Gasteiger partial charge in [0.15, 0.2) is 11.6 Å². The Hall–Kier alpha value is -3.03. The van der Waals surface area contributed by atoms with Crippen LogP contribution >= 0.6 is 23.2 Å². The molecule has 0 bridgehead atoms. The number of aryl methyl sites for hydroxylation is 2. The molecule has 0 amide bonds. The van der Waals surface area contributed by atoms with E-state index >= 15 is 0 Å². The van der Waals surface area contributed by atoms with E-state index in [2.05, 4.69) is 10.4 Å². The summed E-state index contributed by atoms with van der Waals surface area (Å²) in [6, 6.07) is 10.8. The van der Waals surface area contributed by atoms with Gasteiger partial charge >= 0.3 is 0 Å². The lowest BCUT2D eigenvalue weighted by atomic mass is 10.2. The van der Waals surface area contributed by atoms with Gasteiger partial charge in [0.05, 0.1) is 46.7 Å². The molecule has 0 saturated heterocycles. The molecule has 9 heteroatoms. The summed E-state index contributed by atoms with van der Waals surface area (Å²) in [6.45, 7) is 3.88. The minimum atomic E-state index is 0.405. The van der Waals surface area contributed by atoms with E-state index < -0.39 is 0 Å². The van der Waals surface area contributed by atoms with Crippen LogP contribution in [0.25, 0.3) is 16.9 Å². The molecule has 0 fully saturated rings. The van der Waals surface area contributed by atoms with Gasteiger partial charge in [0, 0.05) is 11.8 Å². The average molecular weight is 444 g/mol. The van der Waals surface area contributed by atoms with E-state index in [1.54, 1.807) is 31.0 Å². The topological polar surface area (TPSA) is 74.1 Å². The minimum Gasteiger partial charge on any atom is -0.497 e. The van der Waals surface area contributed by atoms with Crippen LogP contribution in [-0.2, 0) is 0 Å². The quantitative estimate of drug-likeness (QED) is 0.438. The second-order valence-electron chi connectivity index (χ2n) is 6.68. The van der Waals surface area contributed by atoms with E-state index in [0.29, 0.717) is 49.9 Å². The highest BCUT2D eigenvalue weighted by atomic mass is 35.5. The molecule has 0 atom stereocenters. The predicted octanol–water partition coefficient (Wildman–Crippen LogP) is 5.50. The molecule has 0 aliphatic rings. The Labute approximate surface area is 183 Å². The van der Waals surface area contributed by atoms with Crippen molar-refractivity contribution < 1.29 is 9.47 Å². The molecule has 0 aliphatic heterocycles. The number of rotatable bonds is 5. The van der Waals surface area contributed by atoms with Gasteiger partial charge in [-0.3, -0.25) is 0 Å². The lowest BCUT2D eigenvalue weighted by Gasteiger charge is -2.16. The fourth-order valence-corrected chi connectivity index (χ4v) is 3.47. The molecule has 0 radical (unpaired) electrons. The normalized spacial score (nSPS) is 11.0. The number of methoxy groups -OCH3 is 2. The summed E-state index contributed by atoms with van der Waals surface area (Å²) >= 11 is 12.4. The van der Waals surface area contributed by atoms with Gasteiger partial charge in [-0.2, -0.15) is 5.10 Å². The smallest absolute Gasteiger partial charge is 0.197 e. The molecular weight excluding hydrogens is 425 g/mol. The van der Waals surface area contributed by atoms with Crippen LogP contribution in [0.3, 0.4) is 0 Å². The second kappa shape index (κ2) is 8.01. The van der Waals surface area contributed by atoms with Gasteiger partial charge in [-0.05, 0) is 44.2 Å². The number of fused-ring (bicyclic) bond motifs is 1. The summed E-state index contributed by atoms with van der Waals surface area (Å²) < 4.78 is 12.6. The number of aromatic nitrogens is 4. The Balaban J connectivity index is 1.94. The maximum absolute atomic E-state index is 6.20. The lowest BCUT2D eigenvalue weighted by Crippen LogP contribution is -2.09. The van der Waals surface area contributed by atoms with Gasteiger partial charge in [-0.15, -0.1) is 0 Å². The number of anilines is 2. The SMILES string of the molecule is COc1ccc(OC)c(Nc2nc3cc(Cl)c(Cl)cc3nc2-n2nc(C)cc2C)c1. The van der Waals surface area contributed by atoms with E-state index in [9.17, 15) is 0 Å². The molecule has 4 aromatic rings. The van der Waals surface area contributed by atoms with Crippen LogP contribution in [0.2, 0.25) is 10.0 Å². The highest BCUT2D eigenvalue weighted by Crippen LogP contribution is 2.34. The first-order valence-corrected chi connectivity index (χ1v) is 9.84. The molecule has 0 aliphatic carbocycles. The Morgan fingerprint density at radius 2 is 1.60 bits per heavy atom. The standard InChI is InChI=1S/C21H19Cl2N5O2/c1-11-7-12(2)28(27-11)21-20(24-16-9-14(22)15(23)10-17(16)26-21)25-18-8-13(29-3)5-6-19(18)30-4/h5-10H,1-4H3,(H,24,25). The predicted molar refractivity (Wildman–Crippen MR) is 119 cm³/mol.